The summed E-state index contributed by atoms with van der Waals surface area (Å²) in [7, 11) is 0. The molecule has 0 aromatic carbocycles. The molecule has 4 nitrogen and oxygen atoms in total. The van der Waals surface area contributed by atoms with Crippen molar-refractivity contribution in [2.75, 3.05) is 0 Å². The molecule has 206 valence electrons. The molecule has 4 saturated carbocycles. The second-order valence-corrected chi connectivity index (χ2v) is 15.3. The van der Waals surface area contributed by atoms with Gasteiger partial charge >= 0.3 is 5.97 Å². The standard InChI is InChI=1S/C32H47ClO4/c1-18-9-12-28(4)15-16-30(6)21(25(28)19(18)2)17-22(35)26-29(5)13-11-24(37-20(3)34)32(8,27(33)36)23(29)10-14-31(26,30)7/h17-19,23-26H,9-16H2,1-8H3/t18-,19+,23?,24-,25?,26?,28-,29+,30-,31-,32-/m1/s1. The first-order chi connectivity index (χ1) is 17.1. The average Bonchev–Trinajstić information content (AvgIpc) is 2.79. The zero-order valence-electron chi connectivity index (χ0n) is 24.2. The summed E-state index contributed by atoms with van der Waals surface area (Å²) in [6, 6.07) is 0. The molecular formula is C32H47ClO4. The number of carbonyl (C=O) groups is 3. The number of allylic oxidation sites excluding steroid dienone is 2. The Labute approximate surface area is 228 Å². The molecule has 3 unspecified atom stereocenters. The van der Waals surface area contributed by atoms with Crippen LogP contribution in [0.4, 0.5) is 0 Å². The van der Waals surface area contributed by atoms with Crippen molar-refractivity contribution in [2.24, 2.45) is 56.7 Å². The predicted molar refractivity (Wildman–Crippen MR) is 146 cm³/mol. The Balaban J connectivity index is 1.62. The highest BCUT2D eigenvalue weighted by Crippen LogP contribution is 2.75. The van der Waals surface area contributed by atoms with Crippen LogP contribution in [0.25, 0.3) is 0 Å². The van der Waals surface area contributed by atoms with Gasteiger partial charge in [-0.05, 0) is 121 Å². The average molecular weight is 531 g/mol. The summed E-state index contributed by atoms with van der Waals surface area (Å²) >= 11 is 6.34. The minimum atomic E-state index is -0.995. The SMILES string of the molecule is CC(=O)O[C@@H]1CC[C@@]2(C)C(CC[C@]3(C)C2C(=O)C=C2C4[C@@H](C)[C@H](C)CC[C@]4(C)CC[C@]23C)[C@@]1(C)C(=O)Cl. The maximum atomic E-state index is 14.4. The second-order valence-electron chi connectivity index (χ2n) is 15.0. The van der Waals surface area contributed by atoms with Crippen LogP contribution < -0.4 is 0 Å². The van der Waals surface area contributed by atoms with Gasteiger partial charge in [0.2, 0.25) is 5.24 Å². The van der Waals surface area contributed by atoms with Gasteiger partial charge in [-0.15, -0.1) is 0 Å². The molecule has 4 fully saturated rings. The van der Waals surface area contributed by atoms with Gasteiger partial charge in [0.25, 0.3) is 0 Å². The monoisotopic (exact) mass is 530 g/mol. The summed E-state index contributed by atoms with van der Waals surface area (Å²) in [6.45, 7) is 17.7. The van der Waals surface area contributed by atoms with Gasteiger partial charge in [0.05, 0.1) is 5.41 Å². The highest BCUT2D eigenvalue weighted by atomic mass is 35.5. The number of hydrogen-bond acceptors (Lipinski definition) is 4. The third-order valence-electron chi connectivity index (χ3n) is 13.5. The van der Waals surface area contributed by atoms with Crippen molar-refractivity contribution in [3.05, 3.63) is 11.6 Å². The second kappa shape index (κ2) is 8.42. The fourth-order valence-corrected chi connectivity index (χ4v) is 11.3. The van der Waals surface area contributed by atoms with Crippen LogP contribution in [0.2, 0.25) is 0 Å². The van der Waals surface area contributed by atoms with Crippen LogP contribution in [-0.4, -0.2) is 23.1 Å². The molecule has 11 atom stereocenters. The van der Waals surface area contributed by atoms with Gasteiger partial charge in [0, 0.05) is 12.8 Å². The first kappa shape index (κ1) is 27.4. The van der Waals surface area contributed by atoms with Gasteiger partial charge in [-0.1, -0.05) is 47.1 Å². The van der Waals surface area contributed by atoms with Crippen molar-refractivity contribution in [2.45, 2.75) is 113 Å². The molecule has 5 aliphatic carbocycles. The van der Waals surface area contributed by atoms with Gasteiger partial charge < -0.3 is 4.74 Å². The fourth-order valence-electron chi connectivity index (χ4n) is 11.0. The number of fused-ring (bicyclic) bond motifs is 7. The molecular weight excluding hydrogens is 484 g/mol. The molecule has 0 amide bonds. The molecule has 0 aromatic rings. The van der Waals surface area contributed by atoms with E-state index >= 15 is 0 Å². The van der Waals surface area contributed by atoms with Gasteiger partial charge in [0.1, 0.15) is 6.10 Å². The summed E-state index contributed by atoms with van der Waals surface area (Å²) in [5.74, 6) is 1.30. The van der Waals surface area contributed by atoms with E-state index in [1.807, 2.05) is 6.92 Å². The molecule has 5 rings (SSSR count). The number of rotatable bonds is 2. The molecule has 0 N–H and O–H groups in total. The fraction of sp³-hybridized carbons (Fsp3) is 0.844. The third kappa shape index (κ3) is 3.42. The van der Waals surface area contributed by atoms with Crippen LogP contribution in [0.15, 0.2) is 11.6 Å². The molecule has 0 radical (unpaired) electrons. The number of carbonyl (C=O) groups excluding carboxylic acids is 3. The van der Waals surface area contributed by atoms with Crippen molar-refractivity contribution in [1.82, 2.24) is 0 Å². The summed E-state index contributed by atoms with van der Waals surface area (Å²) in [4.78, 5) is 39.4. The summed E-state index contributed by atoms with van der Waals surface area (Å²) in [5, 5.41) is -0.442. The van der Waals surface area contributed by atoms with Crippen LogP contribution in [0, 0.1) is 56.7 Å². The van der Waals surface area contributed by atoms with Gasteiger partial charge in [-0.25, -0.2) is 0 Å². The van der Waals surface area contributed by atoms with E-state index in [2.05, 4.69) is 47.6 Å². The summed E-state index contributed by atoms with van der Waals surface area (Å²) in [6.07, 6.45) is 9.43. The van der Waals surface area contributed by atoms with E-state index in [0.717, 1.165) is 25.7 Å². The number of ketones is 1. The van der Waals surface area contributed by atoms with Crippen LogP contribution in [0.1, 0.15) is 107 Å². The number of hydrogen-bond donors (Lipinski definition) is 0. The first-order valence-corrected chi connectivity index (χ1v) is 15.1. The van der Waals surface area contributed by atoms with Crippen molar-refractivity contribution in [1.29, 1.82) is 0 Å². The van der Waals surface area contributed by atoms with E-state index in [1.165, 1.54) is 31.8 Å². The Bertz CT molecular complexity index is 1070. The predicted octanol–water partition coefficient (Wildman–Crippen LogP) is 7.52. The lowest BCUT2D eigenvalue weighted by molar-refractivity contribution is -0.211. The first-order valence-electron chi connectivity index (χ1n) is 14.7. The Morgan fingerprint density at radius 3 is 2.24 bits per heavy atom. The van der Waals surface area contributed by atoms with E-state index in [9.17, 15) is 14.4 Å². The smallest absolute Gasteiger partial charge is 0.302 e. The lowest BCUT2D eigenvalue weighted by atomic mass is 9.33. The van der Waals surface area contributed by atoms with Gasteiger partial charge in [-0.2, -0.15) is 0 Å². The highest BCUT2D eigenvalue weighted by molar-refractivity contribution is 6.64. The molecule has 0 aromatic heterocycles. The third-order valence-corrected chi connectivity index (χ3v) is 13.9. The maximum absolute atomic E-state index is 14.4. The molecule has 0 heterocycles. The van der Waals surface area contributed by atoms with E-state index < -0.39 is 16.8 Å². The minimum absolute atomic E-state index is 0.0385. The molecule has 0 saturated heterocycles. The highest BCUT2D eigenvalue weighted by Gasteiger charge is 2.72. The zero-order valence-corrected chi connectivity index (χ0v) is 25.0. The van der Waals surface area contributed by atoms with Crippen LogP contribution >= 0.6 is 11.6 Å². The Kier molecular flexibility index (Phi) is 6.24. The van der Waals surface area contributed by atoms with Crippen molar-refractivity contribution in [3.63, 3.8) is 0 Å². The van der Waals surface area contributed by atoms with Crippen molar-refractivity contribution < 1.29 is 19.1 Å². The van der Waals surface area contributed by atoms with E-state index in [4.69, 9.17) is 16.3 Å². The van der Waals surface area contributed by atoms with Crippen LogP contribution in [-0.2, 0) is 19.1 Å². The van der Waals surface area contributed by atoms with E-state index in [-0.39, 0.29) is 45.2 Å². The molecule has 5 aliphatic rings. The number of halogens is 1. The lowest BCUT2D eigenvalue weighted by Gasteiger charge is -2.70. The molecule has 0 spiro atoms. The van der Waals surface area contributed by atoms with E-state index in [1.54, 1.807) is 0 Å². The van der Waals surface area contributed by atoms with Crippen LogP contribution in [0.3, 0.4) is 0 Å². The molecule has 37 heavy (non-hydrogen) atoms. The quantitative estimate of drug-likeness (QED) is 0.273. The Hall–Kier alpha value is -1.16. The minimum Gasteiger partial charge on any atom is -0.461 e. The van der Waals surface area contributed by atoms with Gasteiger partial charge in [-0.3, -0.25) is 14.4 Å². The molecule has 0 aliphatic heterocycles. The zero-order chi connectivity index (χ0) is 27.3. The Morgan fingerprint density at radius 1 is 0.946 bits per heavy atom. The normalized spacial score (nSPS) is 53.1. The van der Waals surface area contributed by atoms with E-state index in [0.29, 0.717) is 24.2 Å². The number of esters is 1. The van der Waals surface area contributed by atoms with Gasteiger partial charge in [0.15, 0.2) is 5.78 Å². The topological polar surface area (TPSA) is 60.4 Å². The maximum Gasteiger partial charge on any atom is 0.302 e. The number of ether oxygens (including phenoxy) is 1. The summed E-state index contributed by atoms with van der Waals surface area (Å²) < 4.78 is 5.71. The lowest BCUT2D eigenvalue weighted by Crippen LogP contribution is -2.68. The molecule has 5 heteroatoms. The largest absolute Gasteiger partial charge is 0.461 e. The van der Waals surface area contributed by atoms with Crippen LogP contribution in [0.5, 0.6) is 0 Å². The van der Waals surface area contributed by atoms with Crippen molar-refractivity contribution in [3.8, 4) is 0 Å². The Morgan fingerprint density at radius 2 is 1.62 bits per heavy atom. The van der Waals surface area contributed by atoms with Crippen molar-refractivity contribution >= 4 is 28.6 Å². The molecule has 0 bridgehead atoms. The summed E-state index contributed by atoms with van der Waals surface area (Å²) in [5.41, 5.74) is 0.112.